The highest BCUT2D eigenvalue weighted by atomic mass is 35.5. The van der Waals surface area contributed by atoms with Crippen LogP contribution in [0, 0.1) is 11.8 Å². The Labute approximate surface area is 163 Å². The summed E-state index contributed by atoms with van der Waals surface area (Å²) in [6, 6.07) is 7.80. The van der Waals surface area contributed by atoms with Gasteiger partial charge in [-0.25, -0.2) is 4.98 Å². The molecule has 2 heterocycles. The molecule has 6 heteroatoms. The van der Waals surface area contributed by atoms with Gasteiger partial charge in [-0.15, -0.1) is 11.3 Å². The van der Waals surface area contributed by atoms with Crippen LogP contribution in [0.1, 0.15) is 43.4 Å². The zero-order valence-electron chi connectivity index (χ0n) is 15.0. The number of piperidine rings is 1. The predicted molar refractivity (Wildman–Crippen MR) is 107 cm³/mol. The van der Waals surface area contributed by atoms with Crippen molar-refractivity contribution in [2.24, 2.45) is 11.8 Å². The van der Waals surface area contributed by atoms with E-state index in [4.69, 9.17) is 11.6 Å². The fraction of sp³-hybridized carbons (Fsp3) is 0.500. The van der Waals surface area contributed by atoms with E-state index in [0.29, 0.717) is 5.13 Å². The molecular formula is C20H24ClN3OS. The molecule has 1 amide bonds. The Morgan fingerprint density at radius 2 is 2.27 bits per heavy atom. The molecule has 1 aliphatic carbocycles. The van der Waals surface area contributed by atoms with Crippen molar-refractivity contribution in [1.82, 2.24) is 9.88 Å². The molecule has 0 radical (unpaired) electrons. The van der Waals surface area contributed by atoms with Crippen LogP contribution in [0.3, 0.4) is 0 Å². The second kappa shape index (κ2) is 7.67. The Balaban J connectivity index is 1.32. The van der Waals surface area contributed by atoms with Crippen molar-refractivity contribution in [2.75, 3.05) is 18.4 Å². The monoisotopic (exact) mass is 389 g/mol. The van der Waals surface area contributed by atoms with E-state index in [2.05, 4.69) is 27.5 Å². The highest BCUT2D eigenvalue weighted by Gasteiger charge is 2.45. The highest BCUT2D eigenvalue weighted by molar-refractivity contribution is 7.13. The molecule has 1 aromatic heterocycles. The van der Waals surface area contributed by atoms with E-state index in [-0.39, 0.29) is 17.7 Å². The number of hydrogen-bond acceptors (Lipinski definition) is 4. The van der Waals surface area contributed by atoms with Crippen LogP contribution in [0.4, 0.5) is 5.13 Å². The molecule has 1 aliphatic heterocycles. The average Bonchev–Trinajstić information content (AvgIpc) is 3.30. The number of thiazole rings is 1. The molecule has 3 unspecified atom stereocenters. The molecule has 3 atom stereocenters. The van der Waals surface area contributed by atoms with Gasteiger partial charge in [0.15, 0.2) is 5.13 Å². The normalized spacial score (nSPS) is 25.8. The number of nitrogens with one attached hydrogen (secondary N) is 1. The van der Waals surface area contributed by atoms with Gasteiger partial charge in [-0.2, -0.15) is 0 Å². The van der Waals surface area contributed by atoms with Gasteiger partial charge in [0.05, 0.1) is 5.69 Å². The van der Waals surface area contributed by atoms with Crippen LogP contribution in [-0.2, 0) is 11.3 Å². The number of anilines is 1. The fourth-order valence-corrected chi connectivity index (χ4v) is 4.88. The fourth-order valence-electron chi connectivity index (χ4n) is 3.90. The van der Waals surface area contributed by atoms with E-state index in [1.165, 1.54) is 24.2 Å². The van der Waals surface area contributed by atoms with E-state index < -0.39 is 0 Å². The topological polar surface area (TPSA) is 45.2 Å². The highest BCUT2D eigenvalue weighted by Crippen LogP contribution is 2.50. The summed E-state index contributed by atoms with van der Waals surface area (Å²) in [5.74, 6) is 1.06. The predicted octanol–water partition coefficient (Wildman–Crippen LogP) is 4.77. The van der Waals surface area contributed by atoms with Gasteiger partial charge in [-0.3, -0.25) is 9.69 Å². The molecule has 1 saturated carbocycles. The Bertz CT molecular complexity index is 793. The van der Waals surface area contributed by atoms with Gasteiger partial charge in [0.1, 0.15) is 0 Å². The van der Waals surface area contributed by atoms with Gasteiger partial charge in [-0.1, -0.05) is 36.7 Å². The van der Waals surface area contributed by atoms with E-state index in [1.54, 1.807) is 0 Å². The maximum Gasteiger partial charge on any atom is 0.229 e. The molecule has 138 valence electrons. The molecule has 0 spiro atoms. The van der Waals surface area contributed by atoms with Crippen LogP contribution < -0.4 is 5.32 Å². The van der Waals surface area contributed by atoms with Crippen LogP contribution in [0.5, 0.6) is 0 Å². The third-order valence-electron chi connectivity index (χ3n) is 5.34. The molecule has 1 saturated heterocycles. The SMILES string of the molecule is CC1CCCN(Cc2csc(NC(=O)C3CC3c3ccccc3Cl)n2)C1. The smallest absolute Gasteiger partial charge is 0.229 e. The van der Waals surface area contributed by atoms with E-state index in [0.717, 1.165) is 48.3 Å². The largest absolute Gasteiger partial charge is 0.302 e. The lowest BCUT2D eigenvalue weighted by atomic mass is 10.0. The van der Waals surface area contributed by atoms with Gasteiger partial charge >= 0.3 is 0 Å². The quantitative estimate of drug-likeness (QED) is 0.801. The first kappa shape index (κ1) is 18.0. The van der Waals surface area contributed by atoms with Gasteiger partial charge in [0.2, 0.25) is 5.91 Å². The maximum absolute atomic E-state index is 12.5. The van der Waals surface area contributed by atoms with Crippen molar-refractivity contribution in [3.8, 4) is 0 Å². The summed E-state index contributed by atoms with van der Waals surface area (Å²) in [7, 11) is 0. The summed E-state index contributed by atoms with van der Waals surface area (Å²) < 4.78 is 0. The minimum absolute atomic E-state index is 0.00481. The summed E-state index contributed by atoms with van der Waals surface area (Å²) >= 11 is 7.77. The van der Waals surface area contributed by atoms with E-state index >= 15 is 0 Å². The number of aromatic nitrogens is 1. The van der Waals surface area contributed by atoms with Gasteiger partial charge < -0.3 is 5.32 Å². The molecule has 1 aromatic carbocycles. The number of carbonyl (C=O) groups excluding carboxylic acids is 1. The molecule has 26 heavy (non-hydrogen) atoms. The Morgan fingerprint density at radius 1 is 1.42 bits per heavy atom. The molecule has 2 aliphatic rings. The standard InChI is InChI=1S/C20H24ClN3OS/c1-13-5-4-8-24(10-13)11-14-12-26-20(22-14)23-19(25)17-9-16(17)15-6-2-3-7-18(15)21/h2-3,6-7,12-13,16-17H,4-5,8-11H2,1H3,(H,22,23,25). The third kappa shape index (κ3) is 4.11. The van der Waals surface area contributed by atoms with Crippen LogP contribution in [0.2, 0.25) is 5.02 Å². The van der Waals surface area contributed by atoms with Crippen molar-refractivity contribution in [1.29, 1.82) is 0 Å². The van der Waals surface area contributed by atoms with Crippen molar-refractivity contribution in [3.05, 3.63) is 45.9 Å². The first-order valence-corrected chi connectivity index (χ1v) is 10.6. The lowest BCUT2D eigenvalue weighted by Gasteiger charge is -2.30. The Hall–Kier alpha value is -1.43. The maximum atomic E-state index is 12.5. The van der Waals surface area contributed by atoms with E-state index in [1.807, 2.05) is 24.3 Å². The van der Waals surface area contributed by atoms with Crippen LogP contribution in [-0.4, -0.2) is 28.9 Å². The van der Waals surface area contributed by atoms with Gasteiger partial charge in [0.25, 0.3) is 0 Å². The molecule has 4 rings (SSSR count). The second-order valence-electron chi connectivity index (χ2n) is 7.59. The number of rotatable bonds is 5. The molecule has 4 nitrogen and oxygen atoms in total. The summed E-state index contributed by atoms with van der Waals surface area (Å²) in [5, 5.41) is 6.52. The Morgan fingerprint density at radius 3 is 3.08 bits per heavy atom. The zero-order chi connectivity index (χ0) is 18.1. The first-order valence-electron chi connectivity index (χ1n) is 9.32. The van der Waals surface area contributed by atoms with Crippen molar-refractivity contribution in [2.45, 2.75) is 38.6 Å². The molecule has 1 N–H and O–H groups in total. The van der Waals surface area contributed by atoms with Gasteiger partial charge in [-0.05, 0) is 49.3 Å². The Kier molecular flexibility index (Phi) is 5.30. The average molecular weight is 390 g/mol. The number of halogens is 1. The third-order valence-corrected chi connectivity index (χ3v) is 6.49. The summed E-state index contributed by atoms with van der Waals surface area (Å²) in [6.45, 7) is 5.47. The zero-order valence-corrected chi connectivity index (χ0v) is 16.5. The molecule has 0 bridgehead atoms. The first-order chi connectivity index (χ1) is 12.6. The van der Waals surface area contributed by atoms with Crippen molar-refractivity contribution < 1.29 is 4.79 Å². The van der Waals surface area contributed by atoms with Gasteiger partial charge in [0, 0.05) is 29.4 Å². The van der Waals surface area contributed by atoms with Crippen LogP contribution in [0.25, 0.3) is 0 Å². The summed E-state index contributed by atoms with van der Waals surface area (Å²) in [4.78, 5) is 19.6. The number of benzene rings is 1. The second-order valence-corrected chi connectivity index (χ2v) is 8.85. The van der Waals surface area contributed by atoms with E-state index in [9.17, 15) is 4.79 Å². The lowest BCUT2D eigenvalue weighted by molar-refractivity contribution is -0.117. The molecular weight excluding hydrogens is 366 g/mol. The number of nitrogens with zero attached hydrogens (tertiary/aromatic N) is 2. The van der Waals surface area contributed by atoms with Crippen molar-refractivity contribution >= 4 is 34.0 Å². The summed E-state index contributed by atoms with van der Waals surface area (Å²) in [5.41, 5.74) is 2.13. The summed E-state index contributed by atoms with van der Waals surface area (Å²) in [6.07, 6.45) is 3.45. The minimum atomic E-state index is 0.00481. The van der Waals surface area contributed by atoms with Crippen LogP contribution >= 0.6 is 22.9 Å². The molecule has 2 aromatic rings. The number of carbonyl (C=O) groups is 1. The number of amides is 1. The lowest BCUT2D eigenvalue weighted by Crippen LogP contribution is -2.33. The van der Waals surface area contributed by atoms with Crippen LogP contribution in [0.15, 0.2) is 29.6 Å². The minimum Gasteiger partial charge on any atom is -0.302 e. The molecule has 2 fully saturated rings. The number of hydrogen-bond donors (Lipinski definition) is 1. The van der Waals surface area contributed by atoms with Crippen molar-refractivity contribution in [3.63, 3.8) is 0 Å². The number of likely N-dealkylation sites (tertiary alicyclic amines) is 1.